The number of amides is 1. The summed E-state index contributed by atoms with van der Waals surface area (Å²) < 4.78 is 25.6. The SMILES string of the molecule is Cc1ccc(N(CC(=O)NC(C)c2ccc3c(c2)CCCC3)S(C)(=O)=O)cc1Cl. The van der Waals surface area contributed by atoms with Crippen LogP contribution in [0.25, 0.3) is 0 Å². The zero-order valence-electron chi connectivity index (χ0n) is 17.0. The Bertz CT molecular complexity index is 1020. The van der Waals surface area contributed by atoms with Crippen LogP contribution >= 0.6 is 11.6 Å². The average Bonchev–Trinajstić information content (AvgIpc) is 2.67. The fourth-order valence-electron chi connectivity index (χ4n) is 3.66. The van der Waals surface area contributed by atoms with Crippen molar-refractivity contribution in [3.63, 3.8) is 0 Å². The summed E-state index contributed by atoms with van der Waals surface area (Å²) in [5, 5.41) is 3.38. The molecule has 0 fully saturated rings. The Morgan fingerprint density at radius 2 is 1.83 bits per heavy atom. The normalized spacial score (nSPS) is 14.8. The lowest BCUT2D eigenvalue weighted by atomic mass is 9.89. The standard InChI is InChI=1S/C22H27ClN2O3S/c1-15-8-11-20(13-21(15)23)25(29(3,27)28)14-22(26)24-16(2)18-10-9-17-6-4-5-7-19(17)12-18/h8-13,16H,4-7,14H2,1-3H3,(H,24,26). The van der Waals surface area contributed by atoms with Gasteiger partial charge >= 0.3 is 0 Å². The molecule has 0 saturated heterocycles. The quantitative estimate of drug-likeness (QED) is 0.741. The third-order valence-corrected chi connectivity index (χ3v) is 6.93. The second-order valence-corrected chi connectivity index (χ2v) is 10.0. The highest BCUT2D eigenvalue weighted by Crippen LogP contribution is 2.26. The minimum absolute atomic E-state index is 0.210. The molecule has 1 unspecified atom stereocenters. The van der Waals surface area contributed by atoms with Crippen LogP contribution in [0.1, 0.15) is 48.1 Å². The number of hydrogen-bond acceptors (Lipinski definition) is 3. The highest BCUT2D eigenvalue weighted by Gasteiger charge is 2.23. The van der Waals surface area contributed by atoms with Gasteiger partial charge in [-0.25, -0.2) is 8.42 Å². The zero-order valence-corrected chi connectivity index (χ0v) is 18.6. The van der Waals surface area contributed by atoms with Crippen LogP contribution < -0.4 is 9.62 Å². The van der Waals surface area contributed by atoms with Gasteiger partial charge in [0.05, 0.1) is 18.0 Å². The number of hydrogen-bond donors (Lipinski definition) is 1. The Labute approximate surface area is 178 Å². The summed E-state index contributed by atoms with van der Waals surface area (Å²) in [5.41, 5.74) is 4.98. The molecule has 0 aromatic heterocycles. The van der Waals surface area contributed by atoms with Crippen LogP contribution in [0.5, 0.6) is 0 Å². The number of halogens is 1. The van der Waals surface area contributed by atoms with E-state index < -0.39 is 10.0 Å². The van der Waals surface area contributed by atoms with Crippen molar-refractivity contribution >= 4 is 33.2 Å². The molecule has 0 aliphatic heterocycles. The van der Waals surface area contributed by atoms with Gasteiger partial charge in [0, 0.05) is 5.02 Å². The lowest BCUT2D eigenvalue weighted by Gasteiger charge is -2.24. The molecule has 1 aliphatic carbocycles. The highest BCUT2D eigenvalue weighted by molar-refractivity contribution is 7.92. The van der Waals surface area contributed by atoms with E-state index in [1.54, 1.807) is 18.2 Å². The molecule has 1 amide bonds. The van der Waals surface area contributed by atoms with Crippen molar-refractivity contribution in [2.45, 2.75) is 45.6 Å². The largest absolute Gasteiger partial charge is 0.348 e. The molecule has 5 nitrogen and oxygen atoms in total. The van der Waals surface area contributed by atoms with Gasteiger partial charge in [-0.15, -0.1) is 0 Å². The zero-order chi connectivity index (χ0) is 21.2. The molecule has 156 valence electrons. The van der Waals surface area contributed by atoms with Crippen LogP contribution in [0.4, 0.5) is 5.69 Å². The van der Waals surface area contributed by atoms with Crippen molar-refractivity contribution in [1.29, 1.82) is 0 Å². The number of nitrogens with one attached hydrogen (secondary N) is 1. The molecular formula is C22H27ClN2O3S. The van der Waals surface area contributed by atoms with Gasteiger partial charge < -0.3 is 5.32 Å². The van der Waals surface area contributed by atoms with Crippen LogP contribution in [0.15, 0.2) is 36.4 Å². The number of anilines is 1. The van der Waals surface area contributed by atoms with Crippen molar-refractivity contribution in [3.8, 4) is 0 Å². The lowest BCUT2D eigenvalue weighted by molar-refractivity contribution is -0.120. The van der Waals surface area contributed by atoms with Gasteiger partial charge in [-0.1, -0.05) is 35.9 Å². The first kappa shape index (κ1) is 21.7. The summed E-state index contributed by atoms with van der Waals surface area (Å²) in [6.07, 6.45) is 5.68. The fraction of sp³-hybridized carbons (Fsp3) is 0.409. The molecular weight excluding hydrogens is 408 g/mol. The van der Waals surface area contributed by atoms with Gasteiger partial charge in [0.25, 0.3) is 0 Å². The molecule has 0 spiro atoms. The average molecular weight is 435 g/mol. The second kappa shape index (κ2) is 8.76. The first-order valence-corrected chi connectivity index (χ1v) is 12.0. The number of sulfonamides is 1. The predicted molar refractivity (Wildman–Crippen MR) is 118 cm³/mol. The van der Waals surface area contributed by atoms with E-state index in [1.165, 1.54) is 24.0 Å². The van der Waals surface area contributed by atoms with Gasteiger partial charge in [0.1, 0.15) is 6.54 Å². The molecule has 2 aromatic rings. The van der Waals surface area contributed by atoms with Crippen LogP contribution in [0, 0.1) is 6.92 Å². The molecule has 2 aromatic carbocycles. The predicted octanol–water partition coefficient (Wildman–Crippen LogP) is 4.17. The molecule has 1 N–H and O–H groups in total. The minimum atomic E-state index is -3.64. The summed E-state index contributed by atoms with van der Waals surface area (Å²) in [4.78, 5) is 12.6. The number of nitrogens with zero attached hydrogens (tertiary/aromatic N) is 1. The first-order chi connectivity index (χ1) is 13.6. The molecule has 29 heavy (non-hydrogen) atoms. The van der Waals surface area contributed by atoms with Gasteiger partial charge in [0.15, 0.2) is 0 Å². The lowest BCUT2D eigenvalue weighted by Crippen LogP contribution is -2.41. The maximum absolute atomic E-state index is 12.6. The Morgan fingerprint density at radius 3 is 2.48 bits per heavy atom. The summed E-state index contributed by atoms with van der Waals surface area (Å²) >= 11 is 6.14. The highest BCUT2D eigenvalue weighted by atomic mass is 35.5. The fourth-order valence-corrected chi connectivity index (χ4v) is 4.68. The van der Waals surface area contributed by atoms with E-state index in [-0.39, 0.29) is 18.5 Å². The number of fused-ring (bicyclic) bond motifs is 1. The first-order valence-electron chi connectivity index (χ1n) is 9.80. The molecule has 0 bridgehead atoms. The van der Waals surface area contributed by atoms with E-state index in [2.05, 4.69) is 17.4 Å². The van der Waals surface area contributed by atoms with Crippen molar-refractivity contribution in [2.75, 3.05) is 17.1 Å². The molecule has 3 rings (SSSR count). The molecule has 0 heterocycles. The van der Waals surface area contributed by atoms with Crippen molar-refractivity contribution < 1.29 is 13.2 Å². The Morgan fingerprint density at radius 1 is 1.14 bits per heavy atom. The summed E-state index contributed by atoms with van der Waals surface area (Å²) in [5.74, 6) is -0.364. The molecule has 0 saturated carbocycles. The maximum atomic E-state index is 12.6. The summed E-state index contributed by atoms with van der Waals surface area (Å²) in [7, 11) is -3.64. The van der Waals surface area contributed by atoms with Crippen LogP contribution in [-0.2, 0) is 27.7 Å². The van der Waals surface area contributed by atoms with Crippen molar-refractivity contribution in [1.82, 2.24) is 5.32 Å². The van der Waals surface area contributed by atoms with Crippen LogP contribution in [0.2, 0.25) is 5.02 Å². The minimum Gasteiger partial charge on any atom is -0.348 e. The van der Waals surface area contributed by atoms with Gasteiger partial charge in [-0.05, 0) is 73.9 Å². The van der Waals surface area contributed by atoms with Gasteiger partial charge in [0.2, 0.25) is 15.9 Å². The van der Waals surface area contributed by atoms with Crippen LogP contribution in [-0.4, -0.2) is 27.1 Å². The molecule has 0 radical (unpaired) electrons. The molecule has 7 heteroatoms. The Balaban J connectivity index is 1.74. The Hall–Kier alpha value is -2.05. The second-order valence-electron chi connectivity index (χ2n) is 7.73. The van der Waals surface area contributed by atoms with E-state index >= 15 is 0 Å². The molecule has 1 atom stereocenters. The monoisotopic (exact) mass is 434 g/mol. The van der Waals surface area contributed by atoms with E-state index in [0.717, 1.165) is 34.5 Å². The van der Waals surface area contributed by atoms with Crippen molar-refractivity contribution in [2.24, 2.45) is 0 Å². The van der Waals surface area contributed by atoms with Crippen LogP contribution in [0.3, 0.4) is 0 Å². The summed E-state index contributed by atoms with van der Waals surface area (Å²) in [6, 6.07) is 11.1. The van der Waals surface area contributed by atoms with E-state index in [9.17, 15) is 13.2 Å². The van der Waals surface area contributed by atoms with E-state index in [1.807, 2.05) is 19.9 Å². The van der Waals surface area contributed by atoms with E-state index in [4.69, 9.17) is 11.6 Å². The maximum Gasteiger partial charge on any atom is 0.241 e. The number of rotatable bonds is 6. The number of carbonyl (C=O) groups excluding carboxylic acids is 1. The Kier molecular flexibility index (Phi) is 6.54. The third-order valence-electron chi connectivity index (χ3n) is 5.38. The van der Waals surface area contributed by atoms with Gasteiger partial charge in [-0.3, -0.25) is 9.10 Å². The molecule has 1 aliphatic rings. The summed E-state index contributed by atoms with van der Waals surface area (Å²) in [6.45, 7) is 3.45. The number of aryl methyl sites for hydroxylation is 3. The van der Waals surface area contributed by atoms with E-state index in [0.29, 0.717) is 10.7 Å². The number of benzene rings is 2. The third kappa shape index (κ3) is 5.31. The van der Waals surface area contributed by atoms with Crippen molar-refractivity contribution in [3.05, 3.63) is 63.7 Å². The topological polar surface area (TPSA) is 66.5 Å². The number of carbonyl (C=O) groups is 1. The van der Waals surface area contributed by atoms with Gasteiger partial charge in [-0.2, -0.15) is 0 Å². The smallest absolute Gasteiger partial charge is 0.241 e.